The lowest BCUT2D eigenvalue weighted by Gasteiger charge is -2.21. The van der Waals surface area contributed by atoms with Gasteiger partial charge in [0.2, 0.25) is 0 Å². The molecule has 0 saturated heterocycles. The number of aliphatic imine (C=N–C) groups is 1. The van der Waals surface area contributed by atoms with E-state index in [-0.39, 0.29) is 6.54 Å². The van der Waals surface area contributed by atoms with Crippen LogP contribution in [0, 0.1) is 0 Å². The first-order chi connectivity index (χ1) is 10.4. The van der Waals surface area contributed by atoms with Gasteiger partial charge in [0.15, 0.2) is 11.7 Å². The third-order valence-corrected chi connectivity index (χ3v) is 3.64. The lowest BCUT2D eigenvalue weighted by Crippen LogP contribution is -2.39. The van der Waals surface area contributed by atoms with Crippen LogP contribution in [0.15, 0.2) is 23.0 Å². The molecule has 0 atom stereocenters. The number of nitrogens with one attached hydrogen (secondary N) is 1. The van der Waals surface area contributed by atoms with Crippen molar-refractivity contribution in [3.8, 4) is 0 Å². The molecule has 0 amide bonds. The number of hydrogen-bond acceptors (Lipinski definition) is 3. The Morgan fingerprint density at radius 3 is 2.82 bits per heavy atom. The number of hydrogen-bond donors (Lipinski definition) is 1. The zero-order valence-electron chi connectivity index (χ0n) is 12.8. The van der Waals surface area contributed by atoms with E-state index in [4.69, 9.17) is 0 Å². The van der Waals surface area contributed by atoms with Gasteiger partial charge in [-0.25, -0.2) is 9.98 Å². The lowest BCUT2D eigenvalue weighted by atomic mass is 10.3. The molecule has 1 rings (SSSR count). The molecule has 0 fully saturated rings. The first-order valence-corrected chi connectivity index (χ1v) is 7.88. The van der Waals surface area contributed by atoms with E-state index in [1.54, 1.807) is 0 Å². The average molecular weight is 334 g/mol. The van der Waals surface area contributed by atoms with Crippen LogP contribution in [0.4, 0.5) is 13.2 Å². The van der Waals surface area contributed by atoms with Gasteiger partial charge in [-0.2, -0.15) is 13.2 Å². The van der Waals surface area contributed by atoms with Crippen molar-refractivity contribution in [1.82, 2.24) is 15.2 Å². The SMILES string of the molecule is C=CCCCN(C)C(=NCc1nc(C(F)(F)F)cs1)NCC. The van der Waals surface area contributed by atoms with E-state index in [0.29, 0.717) is 17.5 Å². The Hall–Kier alpha value is -1.57. The fourth-order valence-corrected chi connectivity index (χ4v) is 2.43. The van der Waals surface area contributed by atoms with E-state index < -0.39 is 11.9 Å². The molecule has 0 aliphatic carbocycles. The van der Waals surface area contributed by atoms with Gasteiger partial charge < -0.3 is 10.2 Å². The Labute approximate surface area is 132 Å². The number of aromatic nitrogens is 1. The quantitative estimate of drug-likeness (QED) is 0.359. The number of halogens is 3. The third-order valence-electron chi connectivity index (χ3n) is 2.80. The summed E-state index contributed by atoms with van der Waals surface area (Å²) in [6.45, 7) is 7.24. The highest BCUT2D eigenvalue weighted by atomic mass is 32.1. The van der Waals surface area contributed by atoms with Gasteiger partial charge >= 0.3 is 6.18 Å². The van der Waals surface area contributed by atoms with Crippen molar-refractivity contribution >= 4 is 17.3 Å². The van der Waals surface area contributed by atoms with Crippen LogP contribution in [0.1, 0.15) is 30.5 Å². The lowest BCUT2D eigenvalue weighted by molar-refractivity contribution is -0.140. The molecule has 1 N–H and O–H groups in total. The highest BCUT2D eigenvalue weighted by Crippen LogP contribution is 2.30. The number of allylic oxidation sites excluding steroid dienone is 1. The van der Waals surface area contributed by atoms with Gasteiger partial charge in [0.05, 0.1) is 6.54 Å². The maximum absolute atomic E-state index is 12.5. The summed E-state index contributed by atoms with van der Waals surface area (Å²) in [4.78, 5) is 9.87. The molecule has 1 aromatic heterocycles. The molecule has 4 nitrogen and oxygen atoms in total. The second-order valence-corrected chi connectivity index (χ2v) is 5.59. The molecule has 0 aromatic carbocycles. The standard InChI is InChI=1S/C14H21F3N4S/c1-4-6-7-8-21(3)13(18-5-2)19-9-12-20-11(10-22-12)14(15,16)17/h4,10H,1,5-9H2,2-3H3,(H,18,19). The van der Waals surface area contributed by atoms with Crippen LogP contribution >= 0.6 is 11.3 Å². The van der Waals surface area contributed by atoms with Crippen molar-refractivity contribution in [3.05, 3.63) is 28.7 Å². The minimum Gasteiger partial charge on any atom is -0.357 e. The Kier molecular flexibility index (Phi) is 7.37. The Morgan fingerprint density at radius 2 is 2.27 bits per heavy atom. The van der Waals surface area contributed by atoms with Crippen molar-refractivity contribution in [1.29, 1.82) is 0 Å². The van der Waals surface area contributed by atoms with Crippen LogP contribution in [0.5, 0.6) is 0 Å². The highest BCUT2D eigenvalue weighted by Gasteiger charge is 2.33. The number of unbranched alkanes of at least 4 members (excludes halogenated alkanes) is 1. The van der Waals surface area contributed by atoms with Gasteiger partial charge in [-0.3, -0.25) is 0 Å². The monoisotopic (exact) mass is 334 g/mol. The number of nitrogens with zero attached hydrogens (tertiary/aromatic N) is 3. The van der Waals surface area contributed by atoms with Crippen molar-refractivity contribution in [2.75, 3.05) is 20.1 Å². The van der Waals surface area contributed by atoms with Crippen LogP contribution in [-0.2, 0) is 12.7 Å². The fourth-order valence-electron chi connectivity index (χ4n) is 1.70. The van der Waals surface area contributed by atoms with Crippen LogP contribution < -0.4 is 5.32 Å². The second kappa shape index (κ2) is 8.77. The minimum atomic E-state index is -4.40. The Morgan fingerprint density at radius 1 is 1.55 bits per heavy atom. The molecular formula is C14H21F3N4S. The smallest absolute Gasteiger partial charge is 0.357 e. The van der Waals surface area contributed by atoms with Crippen molar-refractivity contribution < 1.29 is 13.2 Å². The number of thiazole rings is 1. The zero-order valence-corrected chi connectivity index (χ0v) is 13.6. The predicted octanol–water partition coefficient (Wildman–Crippen LogP) is 3.53. The van der Waals surface area contributed by atoms with Gasteiger partial charge in [-0.1, -0.05) is 6.08 Å². The molecule has 0 spiro atoms. The van der Waals surface area contributed by atoms with E-state index in [1.165, 1.54) is 0 Å². The minimum absolute atomic E-state index is 0.134. The highest BCUT2D eigenvalue weighted by molar-refractivity contribution is 7.09. The number of rotatable bonds is 7. The van der Waals surface area contributed by atoms with Gasteiger partial charge in [-0.15, -0.1) is 17.9 Å². The Bertz CT molecular complexity index is 497. The molecule has 8 heteroatoms. The van der Waals surface area contributed by atoms with Gasteiger partial charge in [0, 0.05) is 25.5 Å². The van der Waals surface area contributed by atoms with E-state index in [9.17, 15) is 13.2 Å². The summed E-state index contributed by atoms with van der Waals surface area (Å²) >= 11 is 0.972. The topological polar surface area (TPSA) is 40.5 Å². The summed E-state index contributed by atoms with van der Waals surface area (Å²) in [5, 5.41) is 4.49. The zero-order chi connectivity index (χ0) is 16.6. The molecule has 22 heavy (non-hydrogen) atoms. The maximum atomic E-state index is 12.5. The van der Waals surface area contributed by atoms with Crippen molar-refractivity contribution in [2.45, 2.75) is 32.5 Å². The summed E-state index contributed by atoms with van der Waals surface area (Å²) < 4.78 is 37.5. The number of alkyl halides is 3. The van der Waals surface area contributed by atoms with E-state index in [0.717, 1.165) is 36.1 Å². The average Bonchev–Trinajstić information content (AvgIpc) is 2.92. The molecule has 1 aromatic rings. The number of guanidine groups is 1. The third kappa shape index (κ3) is 6.05. The summed E-state index contributed by atoms with van der Waals surface area (Å²) in [6, 6.07) is 0. The van der Waals surface area contributed by atoms with Gasteiger partial charge in [0.25, 0.3) is 0 Å². The van der Waals surface area contributed by atoms with Gasteiger partial charge in [-0.05, 0) is 19.8 Å². The largest absolute Gasteiger partial charge is 0.434 e. The molecule has 124 valence electrons. The summed E-state index contributed by atoms with van der Waals surface area (Å²) in [5.41, 5.74) is -0.855. The molecule has 0 aliphatic heterocycles. The van der Waals surface area contributed by atoms with Gasteiger partial charge in [0.1, 0.15) is 5.01 Å². The molecule has 0 saturated carbocycles. The molecule has 0 bridgehead atoms. The second-order valence-electron chi connectivity index (χ2n) is 4.65. The molecule has 0 aliphatic rings. The van der Waals surface area contributed by atoms with Crippen LogP contribution in [0.25, 0.3) is 0 Å². The normalized spacial score (nSPS) is 12.3. The van der Waals surface area contributed by atoms with Crippen molar-refractivity contribution in [2.24, 2.45) is 4.99 Å². The Balaban J connectivity index is 2.68. The predicted molar refractivity (Wildman–Crippen MR) is 84.0 cm³/mol. The van der Waals surface area contributed by atoms with Crippen LogP contribution in [-0.4, -0.2) is 36.0 Å². The molecule has 0 radical (unpaired) electrons. The molecule has 1 heterocycles. The first-order valence-electron chi connectivity index (χ1n) is 7.00. The van der Waals surface area contributed by atoms with Crippen LogP contribution in [0.2, 0.25) is 0 Å². The van der Waals surface area contributed by atoms with Crippen molar-refractivity contribution in [3.63, 3.8) is 0 Å². The van der Waals surface area contributed by atoms with E-state index in [1.807, 2.05) is 24.9 Å². The maximum Gasteiger partial charge on any atom is 0.434 e. The summed E-state index contributed by atoms with van der Waals surface area (Å²) in [6.07, 6.45) is -0.693. The van der Waals surface area contributed by atoms with Crippen LogP contribution in [0.3, 0.4) is 0 Å². The summed E-state index contributed by atoms with van der Waals surface area (Å²) in [7, 11) is 1.90. The summed E-state index contributed by atoms with van der Waals surface area (Å²) in [5.74, 6) is 0.662. The molecular weight excluding hydrogens is 313 g/mol. The molecule has 0 unspecified atom stereocenters. The van der Waals surface area contributed by atoms with E-state index >= 15 is 0 Å². The first kappa shape index (κ1) is 18.5. The fraction of sp³-hybridized carbons (Fsp3) is 0.571. The van der Waals surface area contributed by atoms with E-state index in [2.05, 4.69) is 21.9 Å².